The number of nitrogens with one attached hydrogen (secondary N) is 2. The molecule has 0 unspecified atom stereocenters. The summed E-state index contributed by atoms with van der Waals surface area (Å²) >= 11 is 0. The summed E-state index contributed by atoms with van der Waals surface area (Å²) in [5.74, 6) is -0.285. The Hall–Kier alpha value is -2.97. The third-order valence-electron chi connectivity index (χ3n) is 5.97. The average molecular weight is 384 g/mol. The zero-order valence-electron chi connectivity index (χ0n) is 15.5. The van der Waals surface area contributed by atoms with Crippen molar-refractivity contribution in [2.24, 2.45) is 5.41 Å². The van der Waals surface area contributed by atoms with Crippen LogP contribution in [0.3, 0.4) is 0 Å². The lowest BCUT2D eigenvalue weighted by Gasteiger charge is -2.33. The van der Waals surface area contributed by atoms with E-state index in [1.165, 1.54) is 18.9 Å². The zero-order chi connectivity index (χ0) is 19.3. The number of halogens is 1. The maximum Gasteiger partial charge on any atom is 0.316 e. The number of aromatic nitrogens is 4. The number of aromatic amines is 1. The Balaban J connectivity index is 1.29. The molecule has 1 saturated heterocycles. The van der Waals surface area contributed by atoms with E-state index in [4.69, 9.17) is 4.42 Å². The van der Waals surface area contributed by atoms with Crippen molar-refractivity contribution < 1.29 is 13.6 Å². The van der Waals surface area contributed by atoms with Gasteiger partial charge in [-0.1, -0.05) is 11.2 Å². The molecule has 146 valence electrons. The monoisotopic (exact) mass is 384 g/mol. The van der Waals surface area contributed by atoms with E-state index in [1.807, 2.05) is 4.90 Å². The number of piperidine rings is 1. The molecule has 1 aliphatic carbocycles. The molecule has 28 heavy (non-hydrogen) atoms. The van der Waals surface area contributed by atoms with Crippen LogP contribution in [0, 0.1) is 11.2 Å². The van der Waals surface area contributed by atoms with Gasteiger partial charge in [0.2, 0.25) is 5.91 Å². The van der Waals surface area contributed by atoms with Gasteiger partial charge in [-0.25, -0.2) is 4.39 Å². The molecular formula is C19H21FN6O2. The van der Waals surface area contributed by atoms with Crippen LogP contribution in [-0.2, 0) is 4.79 Å². The number of benzene rings is 1. The summed E-state index contributed by atoms with van der Waals surface area (Å²) in [5.41, 5.74) is 1.32. The molecule has 1 atom stereocenters. The van der Waals surface area contributed by atoms with Crippen molar-refractivity contribution in [3.63, 3.8) is 0 Å². The lowest BCUT2D eigenvalue weighted by Crippen LogP contribution is -2.45. The van der Waals surface area contributed by atoms with Crippen LogP contribution in [0.2, 0.25) is 0 Å². The predicted molar refractivity (Wildman–Crippen MR) is 99.9 cm³/mol. The molecule has 0 bridgehead atoms. The van der Waals surface area contributed by atoms with Gasteiger partial charge < -0.3 is 14.6 Å². The molecule has 3 heterocycles. The second kappa shape index (κ2) is 6.29. The van der Waals surface area contributed by atoms with Crippen LogP contribution in [0.15, 0.2) is 22.6 Å². The van der Waals surface area contributed by atoms with Gasteiger partial charge in [-0.3, -0.25) is 9.89 Å². The quantitative estimate of drug-likeness (QED) is 0.717. The summed E-state index contributed by atoms with van der Waals surface area (Å²) in [6.07, 6.45) is 4.79. The molecule has 1 saturated carbocycles. The van der Waals surface area contributed by atoms with Crippen LogP contribution in [0.5, 0.6) is 0 Å². The second-order valence-corrected chi connectivity index (χ2v) is 7.84. The first-order chi connectivity index (χ1) is 13.5. The largest absolute Gasteiger partial charge is 0.402 e. The Morgan fingerprint density at radius 2 is 2.07 bits per heavy atom. The molecule has 2 fully saturated rings. The molecule has 1 amide bonds. The van der Waals surface area contributed by atoms with E-state index < -0.39 is 11.9 Å². The molecule has 9 heteroatoms. The summed E-state index contributed by atoms with van der Waals surface area (Å²) in [5, 5.41) is 18.0. The van der Waals surface area contributed by atoms with Crippen molar-refractivity contribution in [1.82, 2.24) is 25.3 Å². The Kier molecular flexibility index (Phi) is 3.85. The first-order valence-corrected chi connectivity index (χ1v) is 9.56. The molecule has 1 aromatic carbocycles. The van der Waals surface area contributed by atoms with Crippen molar-refractivity contribution in [2.75, 3.05) is 18.4 Å². The lowest BCUT2D eigenvalue weighted by atomic mass is 9.93. The second-order valence-electron chi connectivity index (χ2n) is 7.84. The number of rotatable bonds is 4. The van der Waals surface area contributed by atoms with Crippen molar-refractivity contribution in [2.45, 2.75) is 38.6 Å². The van der Waals surface area contributed by atoms with Crippen LogP contribution >= 0.6 is 0 Å². The summed E-state index contributed by atoms with van der Waals surface area (Å²) in [6, 6.07) is 4.26. The smallest absolute Gasteiger partial charge is 0.316 e. The van der Waals surface area contributed by atoms with Crippen LogP contribution in [-0.4, -0.2) is 50.3 Å². The van der Waals surface area contributed by atoms with Crippen molar-refractivity contribution >= 4 is 22.8 Å². The molecule has 3 aromatic rings. The van der Waals surface area contributed by atoms with E-state index in [1.54, 1.807) is 19.1 Å². The van der Waals surface area contributed by atoms with E-state index >= 15 is 0 Å². The summed E-state index contributed by atoms with van der Waals surface area (Å²) < 4.78 is 19.7. The summed E-state index contributed by atoms with van der Waals surface area (Å²) in [4.78, 5) is 14.6. The number of hydrogen-bond donors (Lipinski definition) is 2. The van der Waals surface area contributed by atoms with Gasteiger partial charge in [0.1, 0.15) is 17.6 Å². The van der Waals surface area contributed by atoms with E-state index in [0.717, 1.165) is 25.9 Å². The fourth-order valence-electron chi connectivity index (χ4n) is 3.96. The fraction of sp³-hybridized carbons (Fsp3) is 0.474. The van der Waals surface area contributed by atoms with Crippen molar-refractivity contribution in [3.05, 3.63) is 24.0 Å². The highest BCUT2D eigenvalue weighted by molar-refractivity contribution is 5.91. The molecular weight excluding hydrogens is 363 g/mol. The third kappa shape index (κ3) is 2.90. The van der Waals surface area contributed by atoms with Gasteiger partial charge in [0.25, 0.3) is 5.89 Å². The third-order valence-corrected chi connectivity index (χ3v) is 5.97. The number of carbonyl (C=O) groups excluding carboxylic acids is 1. The van der Waals surface area contributed by atoms with E-state index in [9.17, 15) is 9.18 Å². The van der Waals surface area contributed by atoms with Gasteiger partial charge in [-0.05, 0) is 50.2 Å². The Labute approximate surface area is 160 Å². The van der Waals surface area contributed by atoms with Gasteiger partial charge in [0.15, 0.2) is 0 Å². The Morgan fingerprint density at radius 1 is 1.29 bits per heavy atom. The molecule has 2 aliphatic rings. The number of anilines is 1. The Morgan fingerprint density at radius 3 is 2.82 bits per heavy atom. The van der Waals surface area contributed by atoms with Gasteiger partial charge in [0.05, 0.1) is 10.9 Å². The highest BCUT2D eigenvalue weighted by Gasteiger charge is 2.45. The zero-order valence-corrected chi connectivity index (χ0v) is 15.5. The number of fused-ring (bicyclic) bond motifs is 1. The molecule has 0 radical (unpaired) electrons. The lowest BCUT2D eigenvalue weighted by molar-refractivity contribution is -0.133. The summed E-state index contributed by atoms with van der Waals surface area (Å²) in [6.45, 7) is 3.39. The number of carbonyl (C=O) groups is 1. The van der Waals surface area contributed by atoms with Crippen LogP contribution in [0.4, 0.5) is 10.4 Å². The predicted octanol–water partition coefficient (Wildman–Crippen LogP) is 2.96. The van der Waals surface area contributed by atoms with Crippen LogP contribution in [0.25, 0.3) is 22.5 Å². The fourth-order valence-corrected chi connectivity index (χ4v) is 3.96. The molecule has 8 nitrogen and oxygen atoms in total. The topological polar surface area (TPSA) is 99.9 Å². The minimum atomic E-state index is -0.489. The van der Waals surface area contributed by atoms with E-state index in [2.05, 4.69) is 25.7 Å². The van der Waals surface area contributed by atoms with Crippen molar-refractivity contribution in [3.8, 4) is 11.6 Å². The molecule has 1 aliphatic heterocycles. The number of nitrogens with zero attached hydrogens (tertiary/aromatic N) is 4. The number of likely N-dealkylation sites (tertiary alicyclic amines) is 1. The SMILES string of the molecule is C[C@@H](Nc1nnc(-c2[nH]nc3cccc(F)c23)o1)C(=O)N1CCC2(CC1)CC2. The normalized spacial score (nSPS) is 19.1. The van der Waals surface area contributed by atoms with Crippen molar-refractivity contribution in [1.29, 1.82) is 0 Å². The first-order valence-electron chi connectivity index (χ1n) is 9.56. The standard InChI is InChI=1S/C19H21FN6O2/c1-11(17(27)26-9-7-19(5-6-19)8-10-26)21-18-25-24-16(28-18)15-14-12(20)3-2-4-13(14)22-23-15/h2-4,11H,5-10H2,1H3,(H,21,25)(H,22,23)/t11-/m1/s1. The van der Waals surface area contributed by atoms with Crippen LogP contribution < -0.4 is 5.32 Å². The highest BCUT2D eigenvalue weighted by Crippen LogP contribution is 2.53. The van der Waals surface area contributed by atoms with E-state index in [0.29, 0.717) is 22.0 Å². The molecule has 2 N–H and O–H groups in total. The number of hydrogen-bond acceptors (Lipinski definition) is 6. The number of amides is 1. The Bertz CT molecular complexity index is 1030. The molecule has 2 aromatic heterocycles. The van der Waals surface area contributed by atoms with Crippen LogP contribution in [0.1, 0.15) is 32.6 Å². The van der Waals surface area contributed by atoms with Gasteiger partial charge in [-0.2, -0.15) is 5.10 Å². The molecule has 1 spiro atoms. The maximum atomic E-state index is 14.1. The van der Waals surface area contributed by atoms with Gasteiger partial charge >= 0.3 is 6.01 Å². The van der Waals surface area contributed by atoms with Gasteiger partial charge in [0, 0.05) is 13.1 Å². The van der Waals surface area contributed by atoms with Gasteiger partial charge in [-0.15, -0.1) is 5.10 Å². The minimum absolute atomic E-state index is 0.0216. The average Bonchev–Trinajstić information content (AvgIpc) is 3.10. The highest BCUT2D eigenvalue weighted by atomic mass is 19.1. The van der Waals surface area contributed by atoms with E-state index in [-0.39, 0.29) is 17.8 Å². The molecule has 5 rings (SSSR count). The number of H-pyrrole nitrogens is 1. The minimum Gasteiger partial charge on any atom is -0.402 e. The first kappa shape index (κ1) is 17.2. The maximum absolute atomic E-state index is 14.1. The summed E-state index contributed by atoms with van der Waals surface area (Å²) in [7, 11) is 0.